The average molecular weight is 421 g/mol. The van der Waals surface area contributed by atoms with Crippen molar-refractivity contribution in [3.63, 3.8) is 0 Å². The Kier molecular flexibility index (Phi) is 11.7. The van der Waals surface area contributed by atoms with Crippen molar-refractivity contribution in [3.05, 3.63) is 0 Å². The molecule has 0 heterocycles. The summed E-state index contributed by atoms with van der Waals surface area (Å²) in [6.45, 7) is 6.27. The number of hydrogen-bond acceptors (Lipinski definition) is 7. The molecule has 0 fully saturated rings. The predicted molar refractivity (Wildman–Crippen MR) is 107 cm³/mol. The molecule has 3 amide bonds. The van der Waals surface area contributed by atoms with Gasteiger partial charge in [-0.05, 0) is 18.3 Å². The molecule has 0 bridgehead atoms. The van der Waals surface area contributed by atoms with Gasteiger partial charge in [0.1, 0.15) is 18.1 Å². The van der Waals surface area contributed by atoms with Gasteiger partial charge in [-0.3, -0.25) is 14.4 Å². The third kappa shape index (κ3) is 8.89. The summed E-state index contributed by atoms with van der Waals surface area (Å²) in [5.41, 5.74) is 5.52. The molecule has 4 atom stereocenters. The molecule has 0 spiro atoms. The summed E-state index contributed by atoms with van der Waals surface area (Å²) in [7, 11) is 0. The lowest BCUT2D eigenvalue weighted by atomic mass is 10.00. The molecule has 0 rings (SSSR count). The number of thiol groups is 1. The van der Waals surface area contributed by atoms with Gasteiger partial charge >= 0.3 is 5.97 Å². The Bertz CT molecular complexity index is 558. The van der Waals surface area contributed by atoms with Gasteiger partial charge in [0.15, 0.2) is 0 Å². The number of carbonyl (C=O) groups excluding carboxylic acids is 3. The number of carboxylic acids is 1. The number of nitrogens with two attached hydrogens (primary N) is 1. The van der Waals surface area contributed by atoms with E-state index in [0.29, 0.717) is 0 Å². The van der Waals surface area contributed by atoms with Crippen LogP contribution < -0.4 is 21.7 Å². The minimum atomic E-state index is -1.30. The van der Waals surface area contributed by atoms with Crippen LogP contribution in [0.1, 0.15) is 34.1 Å². The van der Waals surface area contributed by atoms with Crippen LogP contribution in [-0.4, -0.2) is 70.4 Å². The maximum absolute atomic E-state index is 12.6. The number of hydrogen-bond donors (Lipinski definition) is 7. The van der Waals surface area contributed by atoms with Crippen LogP contribution in [0.25, 0.3) is 0 Å². The number of aliphatic carboxylic acids is 1. The normalized spacial score (nSPS) is 15.5. The fourth-order valence-corrected chi connectivity index (χ4v) is 2.46. The van der Waals surface area contributed by atoms with Crippen molar-refractivity contribution in [2.24, 2.45) is 17.6 Å². The number of nitrogens with one attached hydrogen (secondary N) is 3. The highest BCUT2D eigenvalue weighted by atomic mass is 32.1. The molecular weight excluding hydrogens is 388 g/mol. The van der Waals surface area contributed by atoms with E-state index in [1.807, 2.05) is 13.8 Å². The van der Waals surface area contributed by atoms with Crippen molar-refractivity contribution in [1.82, 2.24) is 16.0 Å². The van der Waals surface area contributed by atoms with Crippen LogP contribution >= 0.6 is 12.6 Å². The van der Waals surface area contributed by atoms with E-state index >= 15 is 0 Å². The second-order valence-corrected chi connectivity index (χ2v) is 7.66. The van der Waals surface area contributed by atoms with Crippen LogP contribution in [-0.2, 0) is 19.2 Å². The summed E-state index contributed by atoms with van der Waals surface area (Å²) in [4.78, 5) is 48.1. The summed E-state index contributed by atoms with van der Waals surface area (Å²) >= 11 is 3.89. The Morgan fingerprint density at radius 3 is 1.82 bits per heavy atom. The number of aliphatic hydroxyl groups is 1. The molecule has 4 unspecified atom stereocenters. The van der Waals surface area contributed by atoms with Crippen molar-refractivity contribution in [2.75, 3.05) is 12.4 Å². The van der Waals surface area contributed by atoms with Gasteiger partial charge in [0.2, 0.25) is 17.7 Å². The molecule has 0 aromatic rings. The summed E-state index contributed by atoms with van der Waals surface area (Å²) in [5.74, 6) is -3.57. The highest BCUT2D eigenvalue weighted by Gasteiger charge is 2.31. The molecule has 0 aliphatic rings. The van der Waals surface area contributed by atoms with E-state index in [9.17, 15) is 29.4 Å². The number of amides is 3. The Morgan fingerprint density at radius 1 is 0.929 bits per heavy atom. The van der Waals surface area contributed by atoms with Crippen LogP contribution in [0.3, 0.4) is 0 Å². The Labute approximate surface area is 170 Å². The molecule has 0 aromatic carbocycles. The molecule has 0 aromatic heterocycles. The molecule has 28 heavy (non-hydrogen) atoms. The smallest absolute Gasteiger partial charge is 0.326 e. The van der Waals surface area contributed by atoms with Gasteiger partial charge in [0.25, 0.3) is 0 Å². The number of carboxylic acid groups (broad SMARTS) is 1. The molecule has 162 valence electrons. The predicted octanol–water partition coefficient (Wildman–Crippen LogP) is -1.52. The molecular formula is C17H32N4O6S. The molecule has 10 nitrogen and oxygen atoms in total. The zero-order chi connectivity index (χ0) is 22.0. The molecule has 0 saturated carbocycles. The van der Waals surface area contributed by atoms with Gasteiger partial charge in [-0.15, -0.1) is 0 Å². The van der Waals surface area contributed by atoms with Gasteiger partial charge in [-0.1, -0.05) is 27.7 Å². The summed E-state index contributed by atoms with van der Waals surface area (Å²) in [6.07, 6.45) is 0.240. The lowest BCUT2D eigenvalue weighted by Crippen LogP contribution is -2.58. The Balaban J connectivity index is 5.24. The molecule has 0 saturated heterocycles. The maximum atomic E-state index is 12.6. The van der Waals surface area contributed by atoms with E-state index < -0.39 is 54.5 Å². The minimum Gasteiger partial charge on any atom is -0.480 e. The summed E-state index contributed by atoms with van der Waals surface area (Å²) < 4.78 is 0. The monoisotopic (exact) mass is 420 g/mol. The first-order valence-electron chi connectivity index (χ1n) is 9.05. The van der Waals surface area contributed by atoms with Gasteiger partial charge in [-0.25, -0.2) is 4.79 Å². The minimum absolute atomic E-state index is 0.0122. The van der Waals surface area contributed by atoms with Gasteiger partial charge in [0, 0.05) is 5.75 Å². The fourth-order valence-electron chi connectivity index (χ4n) is 2.30. The highest BCUT2D eigenvalue weighted by molar-refractivity contribution is 7.80. The average Bonchev–Trinajstić information content (AvgIpc) is 2.61. The SMILES string of the molecule is CC(C)CC(NC(=O)C(CO)NC(=O)C(N)CS)C(=O)NC(C(=O)O)C(C)C. The first-order chi connectivity index (χ1) is 12.9. The molecule has 0 radical (unpaired) electrons. The van der Waals surface area contributed by atoms with E-state index in [4.69, 9.17) is 5.73 Å². The first-order valence-corrected chi connectivity index (χ1v) is 9.68. The van der Waals surface area contributed by atoms with Gasteiger partial charge in [-0.2, -0.15) is 12.6 Å². The fraction of sp³-hybridized carbons (Fsp3) is 0.765. The van der Waals surface area contributed by atoms with Crippen LogP contribution in [0.5, 0.6) is 0 Å². The summed E-state index contributed by atoms with van der Waals surface area (Å²) in [5, 5.41) is 25.8. The first kappa shape index (κ1) is 26.1. The van der Waals surface area contributed by atoms with Crippen LogP contribution in [0.15, 0.2) is 0 Å². The van der Waals surface area contributed by atoms with Crippen molar-refractivity contribution in [1.29, 1.82) is 0 Å². The maximum Gasteiger partial charge on any atom is 0.326 e. The van der Waals surface area contributed by atoms with E-state index in [1.54, 1.807) is 13.8 Å². The molecule has 11 heteroatoms. The standard InChI is InChI=1S/C17H32N4O6S/c1-8(2)5-11(15(24)21-13(9(3)4)17(26)27)19-16(25)12(6-22)20-14(23)10(18)7-28/h8-13,22,28H,5-7,18H2,1-4H3,(H,19,25)(H,20,23)(H,21,24)(H,26,27). The second kappa shape index (κ2) is 12.6. The van der Waals surface area contributed by atoms with Crippen LogP contribution in [0, 0.1) is 11.8 Å². The van der Waals surface area contributed by atoms with Crippen LogP contribution in [0.2, 0.25) is 0 Å². The highest BCUT2D eigenvalue weighted by Crippen LogP contribution is 2.08. The van der Waals surface area contributed by atoms with Gasteiger partial charge in [0.05, 0.1) is 12.6 Å². The summed E-state index contributed by atoms with van der Waals surface area (Å²) in [6, 6.07) is -4.40. The van der Waals surface area contributed by atoms with Crippen LogP contribution in [0.4, 0.5) is 0 Å². The van der Waals surface area contributed by atoms with Crippen molar-refractivity contribution in [2.45, 2.75) is 58.3 Å². The molecule has 0 aliphatic carbocycles. The Hall–Kier alpha value is -1.85. The van der Waals surface area contributed by atoms with E-state index in [1.165, 1.54) is 0 Å². The van der Waals surface area contributed by atoms with Crippen molar-refractivity contribution in [3.8, 4) is 0 Å². The Morgan fingerprint density at radius 2 is 1.43 bits per heavy atom. The van der Waals surface area contributed by atoms with E-state index in [0.717, 1.165) is 0 Å². The topological polar surface area (TPSA) is 171 Å². The lowest BCUT2D eigenvalue weighted by Gasteiger charge is -2.26. The number of rotatable bonds is 12. The van der Waals surface area contributed by atoms with E-state index in [2.05, 4.69) is 28.6 Å². The quantitative estimate of drug-likeness (QED) is 0.188. The zero-order valence-corrected chi connectivity index (χ0v) is 17.5. The molecule has 7 N–H and O–H groups in total. The third-order valence-corrected chi connectivity index (χ3v) is 4.31. The lowest BCUT2D eigenvalue weighted by molar-refractivity contribution is -0.143. The third-order valence-electron chi connectivity index (χ3n) is 3.92. The zero-order valence-electron chi connectivity index (χ0n) is 16.6. The number of carbonyl (C=O) groups is 4. The van der Waals surface area contributed by atoms with E-state index in [-0.39, 0.29) is 24.0 Å². The largest absolute Gasteiger partial charge is 0.480 e. The van der Waals surface area contributed by atoms with Crippen molar-refractivity contribution >= 4 is 36.3 Å². The number of aliphatic hydroxyl groups excluding tert-OH is 1. The van der Waals surface area contributed by atoms with Crippen molar-refractivity contribution < 1.29 is 29.4 Å². The molecule has 0 aliphatic heterocycles. The second-order valence-electron chi connectivity index (χ2n) is 7.29. The van der Waals surface area contributed by atoms with Gasteiger partial charge < -0.3 is 31.9 Å².